The van der Waals surface area contributed by atoms with Gasteiger partial charge in [-0.2, -0.15) is 5.10 Å². The van der Waals surface area contributed by atoms with Gasteiger partial charge < -0.3 is 5.73 Å². The molecule has 1 aromatic carbocycles. The van der Waals surface area contributed by atoms with Crippen LogP contribution in [0.1, 0.15) is 11.1 Å². The molecule has 2 rings (SSSR count). The van der Waals surface area contributed by atoms with Crippen molar-refractivity contribution >= 4 is 11.5 Å². The molecule has 0 atom stereocenters. The highest BCUT2D eigenvalue weighted by atomic mass is 15.1. The number of nitrogens with zero attached hydrogens (tertiary/aromatic N) is 1. The molecule has 1 aromatic heterocycles. The normalized spacial score (nSPS) is 10.0. The maximum atomic E-state index is 7.89. The average molecular weight is 186 g/mol. The molecule has 0 aliphatic carbocycles. The highest BCUT2D eigenvalue weighted by Gasteiger charge is 2.08. The zero-order valence-corrected chi connectivity index (χ0v) is 7.49. The van der Waals surface area contributed by atoms with Crippen molar-refractivity contribution in [2.75, 3.05) is 5.73 Å². The van der Waals surface area contributed by atoms with E-state index < -0.39 is 0 Å². The maximum absolute atomic E-state index is 7.89. The van der Waals surface area contributed by atoms with Gasteiger partial charge in [0.1, 0.15) is 5.82 Å². The Morgan fingerprint density at radius 1 is 1.29 bits per heavy atom. The average Bonchev–Trinajstić information content (AvgIpc) is 2.65. The van der Waals surface area contributed by atoms with E-state index in [4.69, 9.17) is 11.1 Å². The Morgan fingerprint density at radius 2 is 2.00 bits per heavy atom. The summed E-state index contributed by atoms with van der Waals surface area (Å²) in [5.74, 6) is 0.429. The summed E-state index contributed by atoms with van der Waals surface area (Å²) in [7, 11) is 0. The van der Waals surface area contributed by atoms with Crippen molar-refractivity contribution < 1.29 is 0 Å². The van der Waals surface area contributed by atoms with Crippen molar-refractivity contribution in [3.63, 3.8) is 0 Å². The van der Waals surface area contributed by atoms with Crippen LogP contribution in [0.15, 0.2) is 36.5 Å². The van der Waals surface area contributed by atoms with E-state index in [-0.39, 0.29) is 0 Å². The van der Waals surface area contributed by atoms with Crippen LogP contribution in [0.5, 0.6) is 0 Å². The van der Waals surface area contributed by atoms with E-state index in [2.05, 4.69) is 10.2 Å². The van der Waals surface area contributed by atoms with Gasteiger partial charge in [-0.25, -0.2) is 0 Å². The number of anilines is 1. The van der Waals surface area contributed by atoms with Gasteiger partial charge in [0.15, 0.2) is 0 Å². The first kappa shape index (κ1) is 8.50. The third kappa shape index (κ3) is 1.37. The molecule has 0 fully saturated rings. The smallest absolute Gasteiger partial charge is 0.128 e. The van der Waals surface area contributed by atoms with Crippen LogP contribution in [0.3, 0.4) is 0 Å². The molecule has 4 nitrogen and oxygen atoms in total. The molecule has 0 aliphatic rings. The van der Waals surface area contributed by atoms with E-state index in [9.17, 15) is 0 Å². The number of nitrogens with two attached hydrogens (primary N) is 1. The predicted octanol–water partition coefficient (Wildman–Crippen LogP) is 1.41. The maximum Gasteiger partial charge on any atom is 0.128 e. The van der Waals surface area contributed by atoms with Crippen molar-refractivity contribution in [3.8, 4) is 0 Å². The second-order valence-electron chi connectivity index (χ2n) is 2.94. The van der Waals surface area contributed by atoms with Crippen LogP contribution >= 0.6 is 0 Å². The summed E-state index contributed by atoms with van der Waals surface area (Å²) in [5.41, 5.74) is 7.48. The highest BCUT2D eigenvalue weighted by Crippen LogP contribution is 2.12. The molecule has 0 unspecified atom stereocenters. The summed E-state index contributed by atoms with van der Waals surface area (Å²) in [5, 5.41) is 14.3. The van der Waals surface area contributed by atoms with E-state index in [1.165, 1.54) is 0 Å². The van der Waals surface area contributed by atoms with Crippen LogP contribution in [0.25, 0.3) is 0 Å². The van der Waals surface area contributed by atoms with Crippen LogP contribution in [-0.2, 0) is 0 Å². The molecule has 0 amide bonds. The summed E-state index contributed by atoms with van der Waals surface area (Å²) < 4.78 is 0. The Balaban J connectivity index is 2.39. The van der Waals surface area contributed by atoms with Gasteiger partial charge in [0.2, 0.25) is 0 Å². The number of H-pyrrole nitrogens is 1. The minimum Gasteiger partial charge on any atom is -0.384 e. The largest absolute Gasteiger partial charge is 0.384 e. The van der Waals surface area contributed by atoms with E-state index >= 15 is 0 Å². The van der Waals surface area contributed by atoms with Gasteiger partial charge in [0, 0.05) is 5.56 Å². The van der Waals surface area contributed by atoms with E-state index in [1.807, 2.05) is 30.3 Å². The van der Waals surface area contributed by atoms with Crippen molar-refractivity contribution in [2.45, 2.75) is 0 Å². The molecular formula is C10H10N4. The zero-order valence-electron chi connectivity index (χ0n) is 7.49. The van der Waals surface area contributed by atoms with E-state index in [1.54, 1.807) is 6.20 Å². The van der Waals surface area contributed by atoms with Gasteiger partial charge >= 0.3 is 0 Å². The quantitative estimate of drug-likeness (QED) is 0.620. The lowest BCUT2D eigenvalue weighted by Crippen LogP contribution is -2.03. The lowest BCUT2D eigenvalue weighted by atomic mass is 10.1. The Hall–Kier alpha value is -2.10. The van der Waals surface area contributed by atoms with Crippen LogP contribution in [0.2, 0.25) is 0 Å². The van der Waals surface area contributed by atoms with Gasteiger partial charge in [0.25, 0.3) is 0 Å². The molecule has 4 heteroatoms. The zero-order chi connectivity index (χ0) is 9.97. The van der Waals surface area contributed by atoms with Gasteiger partial charge in [0.05, 0.1) is 17.5 Å². The van der Waals surface area contributed by atoms with Gasteiger partial charge in [-0.15, -0.1) is 0 Å². The minimum absolute atomic E-state index is 0.386. The fraction of sp³-hybridized carbons (Fsp3) is 0. The number of aromatic nitrogens is 2. The minimum atomic E-state index is 0.386. The predicted molar refractivity (Wildman–Crippen MR) is 55.4 cm³/mol. The lowest BCUT2D eigenvalue weighted by Gasteiger charge is -2.01. The second-order valence-corrected chi connectivity index (χ2v) is 2.94. The molecule has 0 radical (unpaired) electrons. The number of aromatic amines is 1. The van der Waals surface area contributed by atoms with Crippen LogP contribution in [0.4, 0.5) is 5.82 Å². The summed E-state index contributed by atoms with van der Waals surface area (Å²) >= 11 is 0. The Labute approximate surface area is 81.3 Å². The number of hydrogen-bond acceptors (Lipinski definition) is 3. The van der Waals surface area contributed by atoms with Crippen LogP contribution in [0, 0.1) is 5.41 Å². The Morgan fingerprint density at radius 3 is 2.57 bits per heavy atom. The van der Waals surface area contributed by atoms with Crippen molar-refractivity contribution in [1.82, 2.24) is 10.2 Å². The molecule has 0 saturated heterocycles. The van der Waals surface area contributed by atoms with Gasteiger partial charge in [-0.3, -0.25) is 10.5 Å². The highest BCUT2D eigenvalue weighted by molar-refractivity contribution is 6.13. The first-order valence-corrected chi connectivity index (χ1v) is 4.22. The summed E-state index contributed by atoms with van der Waals surface area (Å²) in [6, 6.07) is 9.43. The molecule has 4 N–H and O–H groups in total. The van der Waals surface area contributed by atoms with Crippen molar-refractivity contribution in [1.29, 1.82) is 5.41 Å². The summed E-state index contributed by atoms with van der Waals surface area (Å²) in [6.45, 7) is 0. The van der Waals surface area contributed by atoms with E-state index in [0.717, 1.165) is 5.56 Å². The first-order valence-electron chi connectivity index (χ1n) is 4.22. The monoisotopic (exact) mass is 186 g/mol. The molecule has 14 heavy (non-hydrogen) atoms. The molecule has 0 saturated carbocycles. The number of hydrogen-bond donors (Lipinski definition) is 3. The number of nitrogens with one attached hydrogen (secondary N) is 2. The molecule has 2 aromatic rings. The van der Waals surface area contributed by atoms with Gasteiger partial charge in [-0.05, 0) is 0 Å². The molecule has 1 heterocycles. The molecule has 70 valence electrons. The Kier molecular flexibility index (Phi) is 2.02. The number of nitrogen functional groups attached to an aromatic ring is 1. The summed E-state index contributed by atoms with van der Waals surface area (Å²) in [6.07, 6.45) is 1.56. The third-order valence-corrected chi connectivity index (χ3v) is 2.00. The molecule has 0 spiro atoms. The van der Waals surface area contributed by atoms with Crippen LogP contribution in [-0.4, -0.2) is 15.9 Å². The number of rotatable bonds is 2. The Bertz CT molecular complexity index is 444. The standard InChI is InChI=1S/C10H10N4/c11-9(7-4-2-1-3-5-7)8-6-13-14-10(8)12/h1-6,11H,(H3,12,13,14). The van der Waals surface area contributed by atoms with Crippen molar-refractivity contribution in [3.05, 3.63) is 47.7 Å². The molecule has 0 bridgehead atoms. The lowest BCUT2D eigenvalue weighted by molar-refractivity contribution is 1.10. The van der Waals surface area contributed by atoms with Crippen LogP contribution < -0.4 is 5.73 Å². The van der Waals surface area contributed by atoms with Crippen molar-refractivity contribution in [2.24, 2.45) is 0 Å². The SMILES string of the molecule is N=C(c1ccccc1)c1cn[nH]c1N. The topological polar surface area (TPSA) is 78.5 Å². The summed E-state index contributed by atoms with van der Waals surface area (Å²) in [4.78, 5) is 0. The number of benzene rings is 1. The first-order chi connectivity index (χ1) is 6.79. The molecule has 0 aliphatic heterocycles. The fourth-order valence-electron chi connectivity index (χ4n) is 1.26. The third-order valence-electron chi connectivity index (χ3n) is 2.00. The molecular weight excluding hydrogens is 176 g/mol. The van der Waals surface area contributed by atoms with Gasteiger partial charge in [-0.1, -0.05) is 30.3 Å². The van der Waals surface area contributed by atoms with E-state index in [0.29, 0.717) is 17.1 Å². The fourth-order valence-corrected chi connectivity index (χ4v) is 1.26. The second kappa shape index (κ2) is 3.33.